The van der Waals surface area contributed by atoms with Gasteiger partial charge >= 0.3 is 0 Å². The molecule has 0 aliphatic heterocycles. The molecule has 3 aromatic rings. The normalized spacial score (nSPS) is 10.7. The molecule has 0 fully saturated rings. The Labute approximate surface area is 130 Å². The highest BCUT2D eigenvalue weighted by atomic mass is 35.5. The summed E-state index contributed by atoms with van der Waals surface area (Å²) in [6.07, 6.45) is 1.50. The first-order valence-corrected chi connectivity index (χ1v) is 6.77. The quantitative estimate of drug-likeness (QED) is 0.689. The van der Waals surface area contributed by atoms with Crippen LogP contribution in [0.25, 0.3) is 11.3 Å². The summed E-state index contributed by atoms with van der Waals surface area (Å²) in [5.41, 5.74) is 7.71. The lowest BCUT2D eigenvalue weighted by Gasteiger charge is -2.07. The van der Waals surface area contributed by atoms with Gasteiger partial charge in [0, 0.05) is 17.3 Å². The third-order valence-electron chi connectivity index (χ3n) is 2.95. The largest absolute Gasteiger partial charge is 0.382 e. The van der Waals surface area contributed by atoms with E-state index in [9.17, 15) is 4.39 Å². The van der Waals surface area contributed by atoms with Crippen LogP contribution >= 0.6 is 11.6 Å². The maximum absolute atomic E-state index is 13.5. The molecule has 22 heavy (non-hydrogen) atoms. The van der Waals surface area contributed by atoms with Gasteiger partial charge in [0.15, 0.2) is 17.5 Å². The molecule has 0 radical (unpaired) electrons. The van der Waals surface area contributed by atoms with E-state index < -0.39 is 5.82 Å². The second kappa shape index (κ2) is 5.61. The summed E-state index contributed by atoms with van der Waals surface area (Å²) in [7, 11) is 0. The fourth-order valence-electron chi connectivity index (χ4n) is 1.94. The molecule has 0 spiro atoms. The van der Waals surface area contributed by atoms with Crippen LogP contribution in [0.3, 0.4) is 0 Å². The lowest BCUT2D eigenvalue weighted by molar-refractivity contribution is 0.628. The van der Waals surface area contributed by atoms with E-state index in [2.05, 4.69) is 25.5 Å². The Kier molecular flexibility index (Phi) is 3.64. The molecule has 0 amide bonds. The summed E-state index contributed by atoms with van der Waals surface area (Å²) < 4.78 is 13.5. The number of nitrogens with two attached hydrogens (primary N) is 1. The van der Waals surface area contributed by atoms with Gasteiger partial charge in [-0.05, 0) is 19.1 Å². The molecule has 0 saturated carbocycles. The lowest BCUT2D eigenvalue weighted by Crippen LogP contribution is -2.02. The van der Waals surface area contributed by atoms with Crippen molar-refractivity contribution in [2.24, 2.45) is 0 Å². The van der Waals surface area contributed by atoms with Gasteiger partial charge in [-0.15, -0.1) is 0 Å². The van der Waals surface area contributed by atoms with E-state index in [4.69, 9.17) is 17.3 Å². The van der Waals surface area contributed by atoms with Crippen molar-refractivity contribution in [1.82, 2.24) is 20.2 Å². The van der Waals surface area contributed by atoms with E-state index in [1.54, 1.807) is 6.07 Å². The zero-order valence-electron chi connectivity index (χ0n) is 11.6. The number of aromatic amines is 1. The maximum Gasteiger partial charge on any atom is 0.153 e. The Bertz CT molecular complexity index is 832. The molecule has 2 aromatic heterocycles. The number of hydrogen-bond donors (Lipinski definition) is 3. The molecule has 3 rings (SSSR count). The summed E-state index contributed by atoms with van der Waals surface area (Å²) in [6, 6.07) is 6.18. The van der Waals surface area contributed by atoms with E-state index in [0.29, 0.717) is 22.9 Å². The number of nitrogen functional groups attached to an aromatic ring is 1. The topological polar surface area (TPSA) is 92.5 Å². The van der Waals surface area contributed by atoms with Crippen molar-refractivity contribution in [3.63, 3.8) is 0 Å². The minimum atomic E-state index is -0.533. The fraction of sp³-hybridized carbons (Fsp3) is 0.0714. The van der Waals surface area contributed by atoms with E-state index in [1.165, 1.54) is 18.3 Å². The second-order valence-corrected chi connectivity index (χ2v) is 5.09. The van der Waals surface area contributed by atoms with Gasteiger partial charge in [-0.25, -0.2) is 14.4 Å². The molecule has 1 aromatic carbocycles. The molecule has 6 nitrogen and oxygen atoms in total. The molecule has 4 N–H and O–H groups in total. The molecular formula is C14H12ClFN6. The molecule has 0 saturated heterocycles. The van der Waals surface area contributed by atoms with Crippen molar-refractivity contribution < 1.29 is 4.39 Å². The first-order chi connectivity index (χ1) is 10.5. The van der Waals surface area contributed by atoms with E-state index in [0.717, 1.165) is 5.69 Å². The Morgan fingerprint density at radius 2 is 2.09 bits per heavy atom. The molecule has 0 unspecified atom stereocenters. The summed E-state index contributed by atoms with van der Waals surface area (Å²) in [4.78, 5) is 8.43. The SMILES string of the molecule is Cc1cc(Nc2cnc(-c3ccc(Cl)c(F)c3)c(N)n2)n[nH]1. The monoisotopic (exact) mass is 318 g/mol. The number of nitrogens with zero attached hydrogens (tertiary/aromatic N) is 3. The summed E-state index contributed by atoms with van der Waals surface area (Å²) >= 11 is 5.66. The van der Waals surface area contributed by atoms with Crippen LogP contribution < -0.4 is 11.1 Å². The Morgan fingerprint density at radius 1 is 1.27 bits per heavy atom. The van der Waals surface area contributed by atoms with Crippen LogP contribution in [0.5, 0.6) is 0 Å². The fourth-order valence-corrected chi connectivity index (χ4v) is 2.06. The average molecular weight is 319 g/mol. The standard InChI is InChI=1S/C14H12ClFN6/c1-7-4-11(22-21-7)19-12-6-18-13(14(17)20-12)8-2-3-9(15)10(16)5-8/h2-6H,1H3,(H4,17,19,20,21,22). The van der Waals surface area contributed by atoms with Gasteiger partial charge in [-0.3, -0.25) is 5.10 Å². The summed E-state index contributed by atoms with van der Waals surface area (Å²) in [5, 5.41) is 9.86. The maximum atomic E-state index is 13.5. The van der Waals surface area contributed by atoms with Crippen LogP contribution in [0.15, 0.2) is 30.5 Å². The number of hydrogen-bond acceptors (Lipinski definition) is 5. The molecule has 0 aliphatic rings. The highest BCUT2D eigenvalue weighted by Gasteiger charge is 2.10. The average Bonchev–Trinajstić information content (AvgIpc) is 2.87. The minimum Gasteiger partial charge on any atom is -0.382 e. The van der Waals surface area contributed by atoms with Crippen LogP contribution in [0.4, 0.5) is 21.8 Å². The number of nitrogens with one attached hydrogen (secondary N) is 2. The lowest BCUT2D eigenvalue weighted by atomic mass is 10.1. The minimum absolute atomic E-state index is 0.0440. The van der Waals surface area contributed by atoms with E-state index in [1.807, 2.05) is 13.0 Å². The molecule has 112 valence electrons. The first-order valence-electron chi connectivity index (χ1n) is 6.40. The number of H-pyrrole nitrogens is 1. The summed E-state index contributed by atoms with van der Waals surface area (Å²) in [5.74, 6) is 0.701. The van der Waals surface area contributed by atoms with Gasteiger partial charge < -0.3 is 11.1 Å². The number of benzene rings is 1. The van der Waals surface area contributed by atoms with Crippen molar-refractivity contribution in [2.75, 3.05) is 11.1 Å². The van der Waals surface area contributed by atoms with Gasteiger partial charge in [-0.1, -0.05) is 17.7 Å². The summed E-state index contributed by atoms with van der Waals surface area (Å²) in [6.45, 7) is 1.89. The van der Waals surface area contributed by atoms with Crippen molar-refractivity contribution >= 4 is 29.1 Å². The highest BCUT2D eigenvalue weighted by Crippen LogP contribution is 2.27. The van der Waals surface area contributed by atoms with Gasteiger partial charge in [0.05, 0.1) is 11.2 Å². The van der Waals surface area contributed by atoms with Crippen LogP contribution in [-0.2, 0) is 0 Å². The molecule has 0 bridgehead atoms. The van der Waals surface area contributed by atoms with Crippen LogP contribution in [0.1, 0.15) is 5.69 Å². The molecule has 0 atom stereocenters. The zero-order chi connectivity index (χ0) is 15.7. The molecule has 0 aliphatic carbocycles. The Hall–Kier alpha value is -2.67. The van der Waals surface area contributed by atoms with Gasteiger partial charge in [0.2, 0.25) is 0 Å². The molecular weight excluding hydrogens is 307 g/mol. The number of rotatable bonds is 3. The zero-order valence-corrected chi connectivity index (χ0v) is 12.3. The molecule has 2 heterocycles. The second-order valence-electron chi connectivity index (χ2n) is 4.68. The van der Waals surface area contributed by atoms with Gasteiger partial charge in [-0.2, -0.15) is 5.10 Å². The number of anilines is 3. The smallest absolute Gasteiger partial charge is 0.153 e. The highest BCUT2D eigenvalue weighted by molar-refractivity contribution is 6.30. The van der Waals surface area contributed by atoms with Gasteiger partial charge in [0.1, 0.15) is 11.5 Å². The Balaban J connectivity index is 1.90. The number of halogens is 2. The number of aromatic nitrogens is 4. The molecule has 8 heteroatoms. The predicted octanol–water partition coefficient (Wildman–Crippen LogP) is 3.29. The van der Waals surface area contributed by atoms with Crippen molar-refractivity contribution in [3.05, 3.63) is 47.0 Å². The van der Waals surface area contributed by atoms with Crippen LogP contribution in [0, 0.1) is 12.7 Å². The van der Waals surface area contributed by atoms with E-state index in [-0.39, 0.29) is 10.8 Å². The Morgan fingerprint density at radius 3 is 2.73 bits per heavy atom. The van der Waals surface area contributed by atoms with E-state index >= 15 is 0 Å². The van der Waals surface area contributed by atoms with Crippen molar-refractivity contribution in [1.29, 1.82) is 0 Å². The third kappa shape index (κ3) is 2.84. The van der Waals surface area contributed by atoms with Crippen molar-refractivity contribution in [3.8, 4) is 11.3 Å². The van der Waals surface area contributed by atoms with Crippen LogP contribution in [-0.4, -0.2) is 20.2 Å². The predicted molar refractivity (Wildman–Crippen MR) is 83.5 cm³/mol. The number of aryl methyl sites for hydroxylation is 1. The van der Waals surface area contributed by atoms with Crippen LogP contribution in [0.2, 0.25) is 5.02 Å². The third-order valence-corrected chi connectivity index (χ3v) is 3.26. The van der Waals surface area contributed by atoms with Crippen molar-refractivity contribution in [2.45, 2.75) is 6.92 Å². The van der Waals surface area contributed by atoms with Gasteiger partial charge in [0.25, 0.3) is 0 Å². The first kappa shape index (κ1) is 14.3.